The van der Waals surface area contributed by atoms with Gasteiger partial charge in [-0.2, -0.15) is 8.78 Å². The molecule has 1 aromatic carbocycles. The summed E-state index contributed by atoms with van der Waals surface area (Å²) in [6.45, 7) is 0. The van der Waals surface area contributed by atoms with Crippen LogP contribution in [0.1, 0.15) is 25.7 Å². The lowest BCUT2D eigenvalue weighted by atomic mass is 9.93. The zero-order valence-electron chi connectivity index (χ0n) is 14.1. The first-order valence-electron chi connectivity index (χ1n) is 7.90. The molecule has 1 aromatic rings. The normalized spacial score (nSPS) is 21.0. The standard InChI is InChI=1S/C17H15F5O5/c1-25-16(23)8-4-2-3-5-9(7-6-8)26-17(24)27-15-13(21)11(19)10(18)12(20)14(15)22/h3,5,8-9H,2,4,6-7H2,1H3/b5-3+/t8-,9?/m1/s1. The van der Waals surface area contributed by atoms with Gasteiger partial charge in [-0.3, -0.25) is 4.79 Å². The van der Waals surface area contributed by atoms with E-state index in [2.05, 4.69) is 9.47 Å². The Kier molecular flexibility index (Phi) is 6.75. The van der Waals surface area contributed by atoms with Crippen molar-refractivity contribution in [2.24, 2.45) is 5.92 Å². The van der Waals surface area contributed by atoms with E-state index >= 15 is 0 Å². The predicted molar refractivity (Wildman–Crippen MR) is 80.2 cm³/mol. The van der Waals surface area contributed by atoms with Crippen molar-refractivity contribution in [3.63, 3.8) is 0 Å². The average Bonchev–Trinajstić information content (AvgIpc) is 2.64. The first-order chi connectivity index (χ1) is 12.8. The van der Waals surface area contributed by atoms with Crippen molar-refractivity contribution in [3.05, 3.63) is 41.2 Å². The van der Waals surface area contributed by atoms with Crippen LogP contribution in [0.4, 0.5) is 26.7 Å². The van der Waals surface area contributed by atoms with Crippen molar-refractivity contribution in [1.29, 1.82) is 0 Å². The first kappa shape index (κ1) is 20.7. The Labute approximate surface area is 150 Å². The Morgan fingerprint density at radius 2 is 1.52 bits per heavy atom. The number of carbonyl (C=O) groups excluding carboxylic acids is 2. The maximum absolute atomic E-state index is 13.5. The molecule has 0 aromatic heterocycles. The van der Waals surface area contributed by atoms with E-state index in [-0.39, 0.29) is 6.42 Å². The van der Waals surface area contributed by atoms with Gasteiger partial charge in [-0.15, -0.1) is 0 Å². The van der Waals surface area contributed by atoms with Crippen LogP contribution in [0.15, 0.2) is 12.2 Å². The maximum Gasteiger partial charge on any atom is 0.514 e. The number of hydrogen-bond donors (Lipinski definition) is 0. The molecule has 0 saturated carbocycles. The molecule has 0 saturated heterocycles. The minimum Gasteiger partial charge on any atom is -0.469 e. The van der Waals surface area contributed by atoms with Gasteiger partial charge >= 0.3 is 12.1 Å². The van der Waals surface area contributed by atoms with Crippen molar-refractivity contribution in [1.82, 2.24) is 0 Å². The number of rotatable bonds is 3. The number of allylic oxidation sites excluding steroid dienone is 1. The van der Waals surface area contributed by atoms with Crippen LogP contribution < -0.4 is 4.74 Å². The van der Waals surface area contributed by atoms with E-state index in [1.807, 2.05) is 0 Å². The molecule has 0 N–H and O–H groups in total. The summed E-state index contributed by atoms with van der Waals surface area (Å²) in [7, 11) is 1.24. The van der Waals surface area contributed by atoms with Gasteiger partial charge in [-0.1, -0.05) is 6.08 Å². The molecule has 148 valence electrons. The molecule has 27 heavy (non-hydrogen) atoms. The second kappa shape index (κ2) is 8.83. The molecule has 10 heteroatoms. The third kappa shape index (κ3) is 4.75. The zero-order chi connectivity index (χ0) is 20.1. The molecule has 0 bridgehead atoms. The molecule has 0 aliphatic heterocycles. The van der Waals surface area contributed by atoms with Gasteiger partial charge in [0, 0.05) is 0 Å². The lowest BCUT2D eigenvalue weighted by Crippen LogP contribution is -2.24. The second-order valence-electron chi connectivity index (χ2n) is 5.71. The van der Waals surface area contributed by atoms with Crippen LogP contribution in [0.5, 0.6) is 5.75 Å². The number of benzene rings is 1. The molecular formula is C17H15F5O5. The highest BCUT2D eigenvalue weighted by Crippen LogP contribution is 2.30. The minimum absolute atomic E-state index is 0.169. The van der Waals surface area contributed by atoms with Crippen LogP contribution in [0.25, 0.3) is 0 Å². The van der Waals surface area contributed by atoms with Gasteiger partial charge in [0.25, 0.3) is 0 Å². The summed E-state index contributed by atoms with van der Waals surface area (Å²) in [6.07, 6.45) is 2.05. The third-order valence-corrected chi connectivity index (χ3v) is 3.97. The highest BCUT2D eigenvalue weighted by molar-refractivity contribution is 5.72. The van der Waals surface area contributed by atoms with E-state index in [0.717, 1.165) is 0 Å². The summed E-state index contributed by atoms with van der Waals surface area (Å²) < 4.78 is 79.9. The molecule has 0 spiro atoms. The van der Waals surface area contributed by atoms with Crippen molar-refractivity contribution in [2.75, 3.05) is 7.11 Å². The fourth-order valence-electron chi connectivity index (χ4n) is 2.56. The summed E-state index contributed by atoms with van der Waals surface area (Å²) in [5.41, 5.74) is 0. The monoisotopic (exact) mass is 394 g/mol. The van der Waals surface area contributed by atoms with Crippen LogP contribution in [0.2, 0.25) is 0 Å². The number of esters is 1. The minimum atomic E-state index is -2.37. The van der Waals surface area contributed by atoms with Crippen molar-refractivity contribution >= 4 is 12.1 Å². The number of halogens is 5. The van der Waals surface area contributed by atoms with E-state index in [9.17, 15) is 31.5 Å². The van der Waals surface area contributed by atoms with Crippen LogP contribution in [0, 0.1) is 35.0 Å². The fraction of sp³-hybridized carbons (Fsp3) is 0.412. The molecule has 0 heterocycles. The Morgan fingerprint density at radius 1 is 0.926 bits per heavy atom. The number of ether oxygens (including phenoxy) is 3. The van der Waals surface area contributed by atoms with E-state index < -0.39 is 59.0 Å². The Bertz CT molecular complexity index is 736. The first-order valence-corrected chi connectivity index (χ1v) is 7.90. The van der Waals surface area contributed by atoms with E-state index in [1.54, 1.807) is 6.08 Å². The van der Waals surface area contributed by atoms with Crippen LogP contribution >= 0.6 is 0 Å². The van der Waals surface area contributed by atoms with Gasteiger partial charge in [0.05, 0.1) is 13.0 Å². The highest BCUT2D eigenvalue weighted by atomic mass is 19.2. The zero-order valence-corrected chi connectivity index (χ0v) is 14.1. The molecular weight excluding hydrogens is 379 g/mol. The van der Waals surface area contributed by atoms with Gasteiger partial charge in [0.1, 0.15) is 6.10 Å². The van der Waals surface area contributed by atoms with Crippen LogP contribution in [-0.4, -0.2) is 25.3 Å². The lowest BCUT2D eigenvalue weighted by Gasteiger charge is -2.20. The number of carbonyl (C=O) groups is 2. The van der Waals surface area contributed by atoms with Crippen molar-refractivity contribution in [3.8, 4) is 5.75 Å². The van der Waals surface area contributed by atoms with Gasteiger partial charge in [0.2, 0.25) is 34.8 Å². The van der Waals surface area contributed by atoms with E-state index in [4.69, 9.17) is 4.74 Å². The lowest BCUT2D eigenvalue weighted by molar-refractivity contribution is -0.146. The van der Waals surface area contributed by atoms with Gasteiger partial charge in [-0.25, -0.2) is 18.0 Å². The molecule has 0 radical (unpaired) electrons. The molecule has 0 fully saturated rings. The van der Waals surface area contributed by atoms with Gasteiger partial charge < -0.3 is 14.2 Å². The van der Waals surface area contributed by atoms with Crippen molar-refractivity contribution in [2.45, 2.75) is 31.8 Å². The highest BCUT2D eigenvalue weighted by Gasteiger charge is 2.30. The number of methoxy groups -OCH3 is 1. The number of hydrogen-bond acceptors (Lipinski definition) is 5. The second-order valence-corrected chi connectivity index (χ2v) is 5.71. The summed E-state index contributed by atoms with van der Waals surface area (Å²) in [5, 5.41) is 0. The Hall–Kier alpha value is -2.65. The van der Waals surface area contributed by atoms with Crippen molar-refractivity contribution < 1.29 is 45.8 Å². The van der Waals surface area contributed by atoms with Gasteiger partial charge in [-0.05, 0) is 31.8 Å². The molecule has 0 amide bonds. The average molecular weight is 394 g/mol. The van der Waals surface area contributed by atoms with Crippen LogP contribution in [0.3, 0.4) is 0 Å². The molecule has 1 unspecified atom stereocenters. The molecule has 1 aliphatic carbocycles. The largest absolute Gasteiger partial charge is 0.514 e. The Morgan fingerprint density at radius 3 is 2.11 bits per heavy atom. The molecule has 1 aliphatic rings. The van der Waals surface area contributed by atoms with Gasteiger partial charge in [0.15, 0.2) is 0 Å². The SMILES string of the molecule is COC(=O)[C@@H]1CC/C=C/C(OC(=O)Oc2c(F)c(F)c(F)c(F)c2F)CC1. The summed E-state index contributed by atoms with van der Waals surface area (Å²) >= 11 is 0. The summed E-state index contributed by atoms with van der Waals surface area (Å²) in [5.74, 6) is -14.0. The Balaban J connectivity index is 2.08. The van der Waals surface area contributed by atoms with E-state index in [0.29, 0.717) is 19.3 Å². The van der Waals surface area contributed by atoms with E-state index in [1.165, 1.54) is 13.2 Å². The van der Waals surface area contributed by atoms with Crippen LogP contribution in [-0.2, 0) is 14.3 Å². The third-order valence-electron chi connectivity index (χ3n) is 3.97. The predicted octanol–water partition coefficient (Wildman–Crippen LogP) is 4.19. The quantitative estimate of drug-likeness (QED) is 0.192. The fourth-order valence-corrected chi connectivity index (χ4v) is 2.56. The topological polar surface area (TPSA) is 61.8 Å². The smallest absolute Gasteiger partial charge is 0.469 e. The molecule has 5 nitrogen and oxygen atoms in total. The summed E-state index contributed by atoms with van der Waals surface area (Å²) in [6, 6.07) is 0. The molecule has 2 rings (SSSR count). The molecule has 2 atom stereocenters. The summed E-state index contributed by atoms with van der Waals surface area (Å²) in [4.78, 5) is 23.3. The maximum atomic E-state index is 13.5.